The van der Waals surface area contributed by atoms with Crippen LogP contribution in [0, 0.1) is 0 Å². The van der Waals surface area contributed by atoms with Gasteiger partial charge in [0.05, 0.1) is 0 Å². The molecular weight excluding hydrogens is 146 g/mol. The fourth-order valence-electron chi connectivity index (χ4n) is 0.508. The summed E-state index contributed by atoms with van der Waals surface area (Å²) >= 11 is 0. The summed E-state index contributed by atoms with van der Waals surface area (Å²) in [5.41, 5.74) is 0. The van der Waals surface area contributed by atoms with Gasteiger partial charge in [-0.15, -0.1) is 0 Å². The van der Waals surface area contributed by atoms with Crippen LogP contribution in [-0.2, 0) is 22.0 Å². The molecule has 0 amide bonds. The Morgan fingerprint density at radius 2 is 1.62 bits per heavy atom. The lowest BCUT2D eigenvalue weighted by Crippen LogP contribution is -2.30. The monoisotopic (exact) mass is 153 g/mol. The predicted octanol–water partition coefficient (Wildman–Crippen LogP) is -0.693. The first-order chi connectivity index (χ1) is 3.79. The predicted molar refractivity (Wildman–Crippen MR) is 33.8 cm³/mol. The molecule has 0 bridgehead atoms. The lowest BCUT2D eigenvalue weighted by Gasteiger charge is -2.08. The zero-order chi connectivity index (χ0) is 5.98. The van der Waals surface area contributed by atoms with Crippen molar-refractivity contribution in [3.05, 3.63) is 0 Å². The van der Waals surface area contributed by atoms with Crippen LogP contribution in [0.2, 0.25) is 0 Å². The highest BCUT2D eigenvalue weighted by molar-refractivity contribution is 7.99. The lowest BCUT2D eigenvalue weighted by molar-refractivity contribution is 0.665. The molecule has 1 heterocycles. The quantitative estimate of drug-likeness (QED) is 0.500. The van der Waals surface area contributed by atoms with E-state index in [0.29, 0.717) is 11.5 Å². The molecule has 2 atom stereocenters. The number of nitrogens with one attached hydrogen (secondary N) is 1. The van der Waals surface area contributed by atoms with Crippen molar-refractivity contribution in [3.63, 3.8) is 0 Å². The van der Waals surface area contributed by atoms with Crippen molar-refractivity contribution in [3.8, 4) is 0 Å². The second-order valence-electron chi connectivity index (χ2n) is 1.54. The van der Waals surface area contributed by atoms with Crippen LogP contribution >= 0.6 is 0 Å². The lowest BCUT2D eigenvalue weighted by atomic mass is 10.6. The molecule has 0 spiro atoms. The molecule has 1 saturated heterocycles. The minimum absolute atomic E-state index is 0.645. The Morgan fingerprint density at radius 1 is 1.12 bits per heavy atom. The summed E-state index contributed by atoms with van der Waals surface area (Å²) < 4.78 is 23.4. The average molecular weight is 153 g/mol. The van der Waals surface area contributed by atoms with Gasteiger partial charge in [-0.2, -0.15) is 4.13 Å². The van der Waals surface area contributed by atoms with Crippen LogP contribution < -0.4 is 4.13 Å². The largest absolute Gasteiger partial charge is 0.242 e. The van der Waals surface area contributed by atoms with E-state index >= 15 is 0 Å². The molecule has 1 N–H and O–H groups in total. The summed E-state index contributed by atoms with van der Waals surface area (Å²) in [6.07, 6.45) is 0.812. The van der Waals surface area contributed by atoms with Gasteiger partial charge in [0.15, 0.2) is 0 Å². The molecule has 0 aromatic carbocycles. The summed E-state index contributed by atoms with van der Waals surface area (Å²) in [6, 6.07) is 0. The molecule has 1 aliphatic rings. The van der Waals surface area contributed by atoms with Gasteiger partial charge in [-0.3, -0.25) is 0 Å². The van der Waals surface area contributed by atoms with Crippen LogP contribution in [0.25, 0.3) is 0 Å². The first-order valence-electron chi connectivity index (χ1n) is 2.32. The van der Waals surface area contributed by atoms with E-state index in [1.807, 2.05) is 0 Å². The topological polar surface area (TPSA) is 46.2 Å². The normalized spacial score (nSPS) is 39.5. The van der Waals surface area contributed by atoms with Gasteiger partial charge in [-0.25, -0.2) is 8.42 Å². The fraction of sp³-hybridized carbons (Fsp3) is 1.00. The second kappa shape index (κ2) is 2.70. The van der Waals surface area contributed by atoms with Gasteiger partial charge in [-0.05, 0) is 6.42 Å². The van der Waals surface area contributed by atoms with Crippen molar-refractivity contribution in [2.75, 3.05) is 11.5 Å². The minimum atomic E-state index is -1.02. The van der Waals surface area contributed by atoms with E-state index in [0.717, 1.165) is 6.42 Å². The highest BCUT2D eigenvalue weighted by Crippen LogP contribution is 1.95. The minimum Gasteiger partial charge on any atom is -0.242 e. The van der Waals surface area contributed by atoms with Gasteiger partial charge in [-0.1, -0.05) is 0 Å². The first kappa shape index (κ1) is 6.38. The molecule has 5 heteroatoms. The average Bonchev–Trinajstić information content (AvgIpc) is 1.64. The van der Waals surface area contributed by atoms with Crippen LogP contribution in [0.4, 0.5) is 0 Å². The summed E-state index contributed by atoms with van der Waals surface area (Å²) in [7, 11) is -2.04. The van der Waals surface area contributed by atoms with Gasteiger partial charge in [0.2, 0.25) is 0 Å². The van der Waals surface area contributed by atoms with Crippen molar-refractivity contribution in [1.82, 2.24) is 4.13 Å². The molecule has 0 radical (unpaired) electrons. The molecule has 1 aliphatic heterocycles. The van der Waals surface area contributed by atoms with Gasteiger partial charge >= 0.3 is 0 Å². The number of rotatable bonds is 0. The standard InChI is InChI=1S/C3H7NO2S2/c5-7-2-1-3-8(6)4-7/h4H,1-3H2. The van der Waals surface area contributed by atoms with Crippen molar-refractivity contribution < 1.29 is 8.42 Å². The molecule has 3 nitrogen and oxygen atoms in total. The smallest absolute Gasteiger partial charge is 0.103 e. The van der Waals surface area contributed by atoms with Crippen molar-refractivity contribution in [2.24, 2.45) is 0 Å². The van der Waals surface area contributed by atoms with E-state index in [-0.39, 0.29) is 0 Å². The molecular formula is C3H7NO2S2. The molecule has 1 fully saturated rings. The Bertz CT molecular complexity index is 121. The van der Waals surface area contributed by atoms with E-state index in [1.165, 1.54) is 0 Å². The molecule has 48 valence electrons. The third-order valence-corrected chi connectivity index (χ3v) is 3.65. The molecule has 0 aromatic heterocycles. The number of hydrogen-bond acceptors (Lipinski definition) is 2. The maximum Gasteiger partial charge on any atom is 0.103 e. The summed E-state index contributed by atoms with van der Waals surface area (Å²) in [6.45, 7) is 0. The Hall–Kier alpha value is 0.260. The molecule has 2 unspecified atom stereocenters. The Balaban J connectivity index is 2.45. The zero-order valence-electron chi connectivity index (χ0n) is 4.25. The van der Waals surface area contributed by atoms with Gasteiger partial charge in [0.1, 0.15) is 22.0 Å². The highest BCUT2D eigenvalue weighted by atomic mass is 32.3. The number of hydrogen-bond donors (Lipinski definition) is 1. The summed E-state index contributed by atoms with van der Waals surface area (Å²) in [5.74, 6) is 1.29. The maximum atomic E-state index is 10.5. The molecule has 0 aliphatic carbocycles. The van der Waals surface area contributed by atoms with Crippen LogP contribution in [0.15, 0.2) is 0 Å². The van der Waals surface area contributed by atoms with Gasteiger partial charge in [0.25, 0.3) is 0 Å². The van der Waals surface area contributed by atoms with Crippen LogP contribution in [-0.4, -0.2) is 19.9 Å². The van der Waals surface area contributed by atoms with Crippen molar-refractivity contribution in [2.45, 2.75) is 6.42 Å². The first-order valence-corrected chi connectivity index (χ1v) is 4.96. The second-order valence-corrected chi connectivity index (χ2v) is 4.40. The Morgan fingerprint density at radius 3 is 1.88 bits per heavy atom. The molecule has 0 aromatic rings. The van der Waals surface area contributed by atoms with Crippen LogP contribution in [0.1, 0.15) is 6.42 Å². The van der Waals surface area contributed by atoms with Crippen LogP contribution in [0.3, 0.4) is 0 Å². The molecule has 1 rings (SSSR count). The van der Waals surface area contributed by atoms with E-state index in [4.69, 9.17) is 0 Å². The van der Waals surface area contributed by atoms with Crippen molar-refractivity contribution >= 4 is 22.0 Å². The SMILES string of the molecule is O=S1CCCS(=O)N1. The van der Waals surface area contributed by atoms with E-state index < -0.39 is 22.0 Å². The fourth-order valence-corrected chi connectivity index (χ4v) is 3.00. The third-order valence-electron chi connectivity index (χ3n) is 0.845. The molecule has 8 heavy (non-hydrogen) atoms. The van der Waals surface area contributed by atoms with Crippen LogP contribution in [0.5, 0.6) is 0 Å². The van der Waals surface area contributed by atoms with Gasteiger partial charge in [0, 0.05) is 11.5 Å². The zero-order valence-corrected chi connectivity index (χ0v) is 5.89. The summed E-state index contributed by atoms with van der Waals surface area (Å²) in [4.78, 5) is 0. The van der Waals surface area contributed by atoms with E-state index in [9.17, 15) is 8.42 Å². The van der Waals surface area contributed by atoms with E-state index in [2.05, 4.69) is 4.13 Å². The Kier molecular flexibility index (Phi) is 2.16. The van der Waals surface area contributed by atoms with Gasteiger partial charge < -0.3 is 0 Å². The Labute approximate surface area is 53.0 Å². The third kappa shape index (κ3) is 1.65. The molecule has 0 saturated carbocycles. The maximum absolute atomic E-state index is 10.5. The van der Waals surface area contributed by atoms with Crippen molar-refractivity contribution in [1.29, 1.82) is 0 Å². The van der Waals surface area contributed by atoms with E-state index in [1.54, 1.807) is 0 Å². The summed E-state index contributed by atoms with van der Waals surface area (Å²) in [5, 5.41) is 0. The highest BCUT2D eigenvalue weighted by Gasteiger charge is 2.10.